The number of ether oxygens (including phenoxy) is 2. The zero-order chi connectivity index (χ0) is 17.1. The third-order valence-electron chi connectivity index (χ3n) is 5.07. The lowest BCUT2D eigenvalue weighted by atomic mass is 10.0. The van der Waals surface area contributed by atoms with E-state index < -0.39 is 0 Å². The van der Waals surface area contributed by atoms with Crippen LogP contribution in [0.2, 0.25) is 0 Å². The molecule has 5 heteroatoms. The van der Waals surface area contributed by atoms with Crippen LogP contribution in [0.4, 0.5) is 4.39 Å². The molecule has 0 aliphatic carbocycles. The van der Waals surface area contributed by atoms with Crippen LogP contribution in [-0.2, 0) is 22.6 Å². The highest BCUT2D eigenvalue weighted by molar-refractivity contribution is 5.17. The normalized spacial score (nSPS) is 26.5. The van der Waals surface area contributed by atoms with Gasteiger partial charge < -0.3 is 9.47 Å². The van der Waals surface area contributed by atoms with Gasteiger partial charge in [-0.2, -0.15) is 0 Å². The number of hydrogen-bond acceptors (Lipinski definition) is 4. The summed E-state index contributed by atoms with van der Waals surface area (Å²) in [6, 6.07) is 11.1. The molecular formula is C20H23FN2O2. The smallest absolute Gasteiger partial charge is 0.123 e. The molecule has 1 aromatic carbocycles. The number of aromatic nitrogens is 1. The monoisotopic (exact) mass is 342 g/mol. The molecule has 2 saturated heterocycles. The third-order valence-corrected chi connectivity index (χ3v) is 5.07. The van der Waals surface area contributed by atoms with Gasteiger partial charge in [0.25, 0.3) is 0 Å². The van der Waals surface area contributed by atoms with Gasteiger partial charge in [-0.15, -0.1) is 0 Å². The van der Waals surface area contributed by atoms with Crippen LogP contribution >= 0.6 is 0 Å². The van der Waals surface area contributed by atoms with Crippen molar-refractivity contribution in [1.82, 2.24) is 9.88 Å². The molecule has 25 heavy (non-hydrogen) atoms. The number of hydrogen-bond donors (Lipinski definition) is 0. The quantitative estimate of drug-likeness (QED) is 0.836. The van der Waals surface area contributed by atoms with Gasteiger partial charge in [0, 0.05) is 38.1 Å². The van der Waals surface area contributed by atoms with E-state index in [2.05, 4.69) is 9.88 Å². The van der Waals surface area contributed by atoms with Crippen LogP contribution in [0.1, 0.15) is 24.0 Å². The van der Waals surface area contributed by atoms with Crippen LogP contribution in [0.3, 0.4) is 0 Å². The predicted molar refractivity (Wildman–Crippen MR) is 92.4 cm³/mol. The van der Waals surface area contributed by atoms with E-state index in [-0.39, 0.29) is 18.0 Å². The van der Waals surface area contributed by atoms with Gasteiger partial charge in [-0.25, -0.2) is 4.39 Å². The second kappa shape index (κ2) is 7.60. The van der Waals surface area contributed by atoms with E-state index in [9.17, 15) is 4.39 Å². The molecule has 2 aromatic rings. The average molecular weight is 342 g/mol. The molecular weight excluding hydrogens is 319 g/mol. The summed E-state index contributed by atoms with van der Waals surface area (Å²) in [5.74, 6) is -0.193. The molecule has 2 fully saturated rings. The van der Waals surface area contributed by atoms with Gasteiger partial charge >= 0.3 is 0 Å². The van der Waals surface area contributed by atoms with Crippen molar-refractivity contribution in [3.63, 3.8) is 0 Å². The lowest BCUT2D eigenvalue weighted by Crippen LogP contribution is -2.41. The second-order valence-corrected chi connectivity index (χ2v) is 6.81. The van der Waals surface area contributed by atoms with E-state index in [0.717, 1.165) is 43.7 Å². The highest BCUT2D eigenvalue weighted by Gasteiger charge is 2.44. The van der Waals surface area contributed by atoms with Gasteiger partial charge in [-0.05, 0) is 42.2 Å². The largest absolute Gasteiger partial charge is 0.374 e. The summed E-state index contributed by atoms with van der Waals surface area (Å²) >= 11 is 0. The van der Waals surface area contributed by atoms with E-state index in [0.29, 0.717) is 12.6 Å². The fraction of sp³-hybridized carbons (Fsp3) is 0.450. The summed E-state index contributed by atoms with van der Waals surface area (Å²) < 4.78 is 25.4. The minimum Gasteiger partial charge on any atom is -0.374 e. The number of benzene rings is 1. The SMILES string of the molecule is Fc1ccc(CN2C[C@@H](OCc3cccnc3)[C@H]3OCCC[C@H]32)cc1. The topological polar surface area (TPSA) is 34.6 Å². The van der Waals surface area contributed by atoms with Crippen molar-refractivity contribution in [3.05, 3.63) is 65.7 Å². The van der Waals surface area contributed by atoms with Gasteiger partial charge in [-0.1, -0.05) is 18.2 Å². The maximum atomic E-state index is 13.1. The molecule has 0 amide bonds. The molecule has 2 aliphatic rings. The summed E-state index contributed by atoms with van der Waals surface area (Å²) in [6.07, 6.45) is 5.99. The molecule has 1 aromatic heterocycles. The number of likely N-dealkylation sites (tertiary alicyclic amines) is 1. The number of fused-ring (bicyclic) bond motifs is 1. The predicted octanol–water partition coefficient (Wildman–Crippen LogP) is 3.17. The summed E-state index contributed by atoms with van der Waals surface area (Å²) in [6.45, 7) is 3.00. The Hall–Kier alpha value is -1.82. The van der Waals surface area contributed by atoms with Crippen LogP contribution < -0.4 is 0 Å². The molecule has 0 bridgehead atoms. The Kier molecular flexibility index (Phi) is 5.06. The Morgan fingerprint density at radius 1 is 1.20 bits per heavy atom. The molecule has 3 heterocycles. The first-order valence-electron chi connectivity index (χ1n) is 8.90. The zero-order valence-corrected chi connectivity index (χ0v) is 14.2. The summed E-state index contributed by atoms with van der Waals surface area (Å²) in [5, 5.41) is 0. The fourth-order valence-corrected chi connectivity index (χ4v) is 3.84. The molecule has 2 aliphatic heterocycles. The van der Waals surface area contributed by atoms with Crippen molar-refractivity contribution in [2.45, 2.75) is 44.2 Å². The first kappa shape index (κ1) is 16.6. The minimum absolute atomic E-state index is 0.0611. The number of halogens is 1. The first-order valence-corrected chi connectivity index (χ1v) is 8.90. The van der Waals surface area contributed by atoms with Crippen LogP contribution in [0.5, 0.6) is 0 Å². The Bertz CT molecular complexity index is 680. The molecule has 0 spiro atoms. The van der Waals surface area contributed by atoms with E-state index >= 15 is 0 Å². The fourth-order valence-electron chi connectivity index (χ4n) is 3.84. The van der Waals surface area contributed by atoms with E-state index in [4.69, 9.17) is 9.47 Å². The minimum atomic E-state index is -0.193. The lowest BCUT2D eigenvalue weighted by Gasteiger charge is -2.32. The summed E-state index contributed by atoms with van der Waals surface area (Å²) in [5.41, 5.74) is 2.20. The average Bonchev–Trinajstić information content (AvgIpc) is 3.01. The van der Waals surface area contributed by atoms with Gasteiger partial charge in [0.05, 0.1) is 12.7 Å². The molecule has 4 nitrogen and oxygen atoms in total. The molecule has 3 atom stereocenters. The summed E-state index contributed by atoms with van der Waals surface area (Å²) in [7, 11) is 0. The Balaban J connectivity index is 1.43. The van der Waals surface area contributed by atoms with Gasteiger partial charge in [0.15, 0.2) is 0 Å². The van der Waals surface area contributed by atoms with Crippen molar-refractivity contribution in [1.29, 1.82) is 0 Å². The van der Waals surface area contributed by atoms with Crippen molar-refractivity contribution in [2.24, 2.45) is 0 Å². The highest BCUT2D eigenvalue weighted by atomic mass is 19.1. The Labute approximate surface area is 147 Å². The molecule has 0 saturated carbocycles. The van der Waals surface area contributed by atoms with Crippen molar-refractivity contribution in [3.8, 4) is 0 Å². The zero-order valence-electron chi connectivity index (χ0n) is 14.2. The Morgan fingerprint density at radius 3 is 2.88 bits per heavy atom. The van der Waals surface area contributed by atoms with E-state index in [1.807, 2.05) is 30.5 Å². The molecule has 0 radical (unpaired) electrons. The van der Waals surface area contributed by atoms with Gasteiger partial charge in [0.2, 0.25) is 0 Å². The number of nitrogens with zero attached hydrogens (tertiary/aromatic N) is 2. The molecule has 4 rings (SSSR count). The van der Waals surface area contributed by atoms with Crippen LogP contribution in [0.15, 0.2) is 48.8 Å². The van der Waals surface area contributed by atoms with Crippen molar-refractivity contribution < 1.29 is 13.9 Å². The molecule has 0 N–H and O–H groups in total. The molecule has 0 unspecified atom stereocenters. The van der Waals surface area contributed by atoms with Crippen LogP contribution in [0.25, 0.3) is 0 Å². The lowest BCUT2D eigenvalue weighted by molar-refractivity contribution is -0.0819. The van der Waals surface area contributed by atoms with Crippen molar-refractivity contribution in [2.75, 3.05) is 13.2 Å². The maximum Gasteiger partial charge on any atom is 0.123 e. The van der Waals surface area contributed by atoms with Gasteiger partial charge in [0.1, 0.15) is 11.9 Å². The number of pyridine rings is 1. The first-order chi connectivity index (χ1) is 12.3. The maximum absolute atomic E-state index is 13.1. The van der Waals surface area contributed by atoms with E-state index in [1.54, 1.807) is 6.20 Å². The molecule has 132 valence electrons. The van der Waals surface area contributed by atoms with E-state index in [1.165, 1.54) is 12.1 Å². The second-order valence-electron chi connectivity index (χ2n) is 6.81. The van der Waals surface area contributed by atoms with Gasteiger partial charge in [-0.3, -0.25) is 9.88 Å². The van der Waals surface area contributed by atoms with Crippen LogP contribution in [0, 0.1) is 5.82 Å². The van der Waals surface area contributed by atoms with Crippen LogP contribution in [-0.4, -0.2) is 41.3 Å². The van der Waals surface area contributed by atoms with Crippen molar-refractivity contribution >= 4 is 0 Å². The third kappa shape index (κ3) is 3.89. The Morgan fingerprint density at radius 2 is 2.08 bits per heavy atom. The standard InChI is InChI=1S/C20H23FN2O2/c21-17-7-5-15(6-8-17)12-23-13-19(20-18(23)4-2-10-24-20)25-14-16-3-1-9-22-11-16/h1,3,5-9,11,18-20H,2,4,10,12-14H2/t18-,19-,20+/m1/s1. The highest BCUT2D eigenvalue weighted by Crippen LogP contribution is 2.32. The number of rotatable bonds is 5. The summed E-state index contributed by atoms with van der Waals surface area (Å²) in [4.78, 5) is 6.56.